The molecule has 2 unspecified atom stereocenters. The highest BCUT2D eigenvalue weighted by molar-refractivity contribution is 5.77. The molecule has 1 saturated heterocycles. The van der Waals surface area contributed by atoms with Gasteiger partial charge in [-0.3, -0.25) is 14.3 Å². The fraction of sp³-hybridized carbons (Fsp3) is 0.600. The minimum atomic E-state index is -0.184. The van der Waals surface area contributed by atoms with Gasteiger partial charge in [0, 0.05) is 31.4 Å². The van der Waals surface area contributed by atoms with Crippen LogP contribution in [0.1, 0.15) is 56.6 Å². The number of hydrogen-bond acceptors (Lipinski definition) is 4. The Morgan fingerprint density at radius 1 is 1.30 bits per heavy atom. The van der Waals surface area contributed by atoms with Gasteiger partial charge in [-0.05, 0) is 63.0 Å². The van der Waals surface area contributed by atoms with E-state index in [-0.39, 0.29) is 17.6 Å². The summed E-state index contributed by atoms with van der Waals surface area (Å²) in [5, 5.41) is 6.89. The molecular formula is C20H27N5O2. The highest BCUT2D eigenvalue weighted by Gasteiger charge is 2.47. The second-order valence-electron chi connectivity index (χ2n) is 7.63. The van der Waals surface area contributed by atoms with E-state index < -0.39 is 0 Å². The second kappa shape index (κ2) is 7.66. The molecule has 7 heteroatoms. The minimum Gasteiger partial charge on any atom is -0.332 e. The number of H-pyrrole nitrogens is 1. The number of carbonyl (C=O) groups is 1. The highest BCUT2D eigenvalue weighted by Crippen LogP contribution is 2.50. The van der Waals surface area contributed by atoms with Gasteiger partial charge in [-0.2, -0.15) is 5.10 Å². The lowest BCUT2D eigenvalue weighted by Gasteiger charge is -2.28. The Balaban J connectivity index is 1.48. The smallest absolute Gasteiger partial charge is 0.332 e. The fourth-order valence-electron chi connectivity index (χ4n) is 4.42. The van der Waals surface area contributed by atoms with Crippen molar-refractivity contribution in [2.24, 2.45) is 11.8 Å². The molecule has 27 heavy (non-hydrogen) atoms. The molecule has 1 aliphatic carbocycles. The summed E-state index contributed by atoms with van der Waals surface area (Å²) in [6, 6.07) is 5.80. The fourth-order valence-corrected chi connectivity index (χ4v) is 4.42. The van der Waals surface area contributed by atoms with Crippen molar-refractivity contribution < 1.29 is 4.79 Å². The van der Waals surface area contributed by atoms with Crippen LogP contribution < -0.4 is 5.69 Å². The molecule has 7 nitrogen and oxygen atoms in total. The first-order valence-electron chi connectivity index (χ1n) is 10.0. The predicted octanol–water partition coefficient (Wildman–Crippen LogP) is 2.31. The largest absolute Gasteiger partial charge is 0.343 e. The average molecular weight is 369 g/mol. The van der Waals surface area contributed by atoms with Gasteiger partial charge in [-0.1, -0.05) is 6.07 Å². The molecule has 144 valence electrons. The van der Waals surface area contributed by atoms with Crippen LogP contribution in [0.4, 0.5) is 0 Å². The first-order chi connectivity index (χ1) is 13.2. The van der Waals surface area contributed by atoms with E-state index >= 15 is 0 Å². The molecule has 2 fully saturated rings. The van der Waals surface area contributed by atoms with Gasteiger partial charge >= 0.3 is 5.69 Å². The molecule has 0 aromatic carbocycles. The first kappa shape index (κ1) is 17.9. The van der Waals surface area contributed by atoms with Gasteiger partial charge in [0.2, 0.25) is 5.91 Å². The minimum absolute atomic E-state index is 0.0706. The number of pyridine rings is 1. The van der Waals surface area contributed by atoms with Crippen LogP contribution in [0.25, 0.3) is 0 Å². The maximum atomic E-state index is 13.0. The number of nitrogens with one attached hydrogen (secondary N) is 1. The van der Waals surface area contributed by atoms with Crippen molar-refractivity contribution >= 4 is 5.91 Å². The van der Waals surface area contributed by atoms with Crippen molar-refractivity contribution in [1.29, 1.82) is 0 Å². The van der Waals surface area contributed by atoms with Gasteiger partial charge < -0.3 is 4.90 Å². The first-order valence-corrected chi connectivity index (χ1v) is 10.0. The van der Waals surface area contributed by atoms with Gasteiger partial charge in [0.1, 0.15) is 0 Å². The summed E-state index contributed by atoms with van der Waals surface area (Å²) in [5.41, 5.74) is 0.836. The Morgan fingerprint density at radius 3 is 2.85 bits per heavy atom. The zero-order valence-corrected chi connectivity index (χ0v) is 15.8. The van der Waals surface area contributed by atoms with Gasteiger partial charge in [0.15, 0.2) is 5.82 Å². The number of rotatable bonds is 7. The van der Waals surface area contributed by atoms with Crippen molar-refractivity contribution in [3.8, 4) is 0 Å². The Labute approximate surface area is 158 Å². The molecule has 1 N–H and O–H groups in total. The summed E-state index contributed by atoms with van der Waals surface area (Å²) in [6.07, 6.45) is 7.34. The Bertz CT molecular complexity index is 840. The molecule has 0 radical (unpaired) electrons. The second-order valence-corrected chi connectivity index (χ2v) is 7.63. The SMILES string of the molecule is CCn1c(C2C(C3CC3)CCN2C(=O)CCCc2ccccn2)n[nH]c1=O. The third kappa shape index (κ3) is 3.68. The molecule has 2 aliphatic rings. The Morgan fingerprint density at radius 2 is 2.15 bits per heavy atom. The quantitative estimate of drug-likeness (QED) is 0.812. The number of hydrogen-bond donors (Lipinski definition) is 1. The van der Waals surface area contributed by atoms with Crippen LogP contribution in [0.15, 0.2) is 29.2 Å². The molecule has 3 heterocycles. The van der Waals surface area contributed by atoms with E-state index in [0.29, 0.717) is 24.8 Å². The molecular weight excluding hydrogens is 342 g/mol. The van der Waals surface area contributed by atoms with Crippen molar-refractivity contribution in [3.05, 3.63) is 46.4 Å². The van der Waals surface area contributed by atoms with Crippen LogP contribution in [0, 0.1) is 11.8 Å². The number of aryl methyl sites for hydroxylation is 1. The number of aromatic nitrogens is 4. The number of amides is 1. The van der Waals surface area contributed by atoms with Crippen molar-refractivity contribution in [1.82, 2.24) is 24.6 Å². The lowest BCUT2D eigenvalue weighted by Crippen LogP contribution is -2.35. The lowest BCUT2D eigenvalue weighted by atomic mass is 9.94. The standard InChI is InChI=1S/C20H27N5O2/c1-2-24-19(22-23-20(24)27)18-16(14-9-10-14)11-13-25(18)17(26)8-5-7-15-6-3-4-12-21-15/h3-4,6,12,14,16,18H,2,5,7-11,13H2,1H3,(H,23,27). The summed E-state index contributed by atoms with van der Waals surface area (Å²) in [6.45, 7) is 3.28. The summed E-state index contributed by atoms with van der Waals surface area (Å²) in [7, 11) is 0. The van der Waals surface area contributed by atoms with Crippen LogP contribution >= 0.6 is 0 Å². The maximum absolute atomic E-state index is 13.0. The third-order valence-corrected chi connectivity index (χ3v) is 5.91. The number of nitrogens with zero attached hydrogens (tertiary/aromatic N) is 4. The Kier molecular flexibility index (Phi) is 5.09. The van der Waals surface area contributed by atoms with Crippen LogP contribution in [0.2, 0.25) is 0 Å². The van der Waals surface area contributed by atoms with E-state index in [9.17, 15) is 9.59 Å². The van der Waals surface area contributed by atoms with E-state index in [4.69, 9.17) is 0 Å². The molecule has 2 aromatic heterocycles. The molecule has 0 spiro atoms. The van der Waals surface area contributed by atoms with Gasteiger partial charge in [-0.15, -0.1) is 0 Å². The number of carbonyl (C=O) groups excluding carboxylic acids is 1. The summed E-state index contributed by atoms with van der Waals surface area (Å²) < 4.78 is 1.68. The van der Waals surface area contributed by atoms with Crippen LogP contribution in [0.3, 0.4) is 0 Å². The normalized spacial score (nSPS) is 22.3. The molecule has 0 bridgehead atoms. The van der Waals surface area contributed by atoms with Crippen LogP contribution in [-0.4, -0.2) is 37.1 Å². The third-order valence-electron chi connectivity index (χ3n) is 5.91. The monoisotopic (exact) mass is 369 g/mol. The number of aromatic amines is 1. The Hall–Kier alpha value is -2.44. The summed E-state index contributed by atoms with van der Waals surface area (Å²) in [5.74, 6) is 1.98. The van der Waals surface area contributed by atoms with Gasteiger partial charge in [0.25, 0.3) is 0 Å². The number of likely N-dealkylation sites (tertiary alicyclic amines) is 1. The van der Waals surface area contributed by atoms with Gasteiger partial charge in [0.05, 0.1) is 6.04 Å². The average Bonchev–Trinajstić information content (AvgIpc) is 3.33. The van der Waals surface area contributed by atoms with Gasteiger partial charge in [-0.25, -0.2) is 9.89 Å². The van der Waals surface area contributed by atoms with E-state index in [2.05, 4.69) is 15.2 Å². The lowest BCUT2D eigenvalue weighted by molar-refractivity contribution is -0.132. The van der Waals surface area contributed by atoms with E-state index in [1.165, 1.54) is 12.8 Å². The molecule has 4 rings (SSSR count). The molecule has 1 saturated carbocycles. The molecule has 1 aliphatic heterocycles. The zero-order chi connectivity index (χ0) is 18.8. The van der Waals surface area contributed by atoms with E-state index in [1.807, 2.05) is 30.0 Å². The van der Waals surface area contributed by atoms with Crippen LogP contribution in [0.5, 0.6) is 0 Å². The molecule has 1 amide bonds. The van der Waals surface area contributed by atoms with Crippen molar-refractivity contribution in [2.75, 3.05) is 6.54 Å². The summed E-state index contributed by atoms with van der Waals surface area (Å²) in [4.78, 5) is 31.4. The van der Waals surface area contributed by atoms with Crippen molar-refractivity contribution in [3.63, 3.8) is 0 Å². The topological polar surface area (TPSA) is 83.9 Å². The zero-order valence-electron chi connectivity index (χ0n) is 15.8. The van der Waals surface area contributed by atoms with Crippen LogP contribution in [-0.2, 0) is 17.8 Å². The van der Waals surface area contributed by atoms with E-state index in [1.54, 1.807) is 10.8 Å². The van der Waals surface area contributed by atoms with Crippen molar-refractivity contribution in [2.45, 2.75) is 58.0 Å². The molecule has 2 atom stereocenters. The maximum Gasteiger partial charge on any atom is 0.343 e. The summed E-state index contributed by atoms with van der Waals surface area (Å²) >= 11 is 0. The highest BCUT2D eigenvalue weighted by atomic mass is 16.2. The molecule has 2 aromatic rings. The predicted molar refractivity (Wildman–Crippen MR) is 101 cm³/mol. The van der Waals surface area contributed by atoms with E-state index in [0.717, 1.165) is 37.3 Å².